The fourth-order valence-corrected chi connectivity index (χ4v) is 2.64. The molecule has 23 heavy (non-hydrogen) atoms. The van der Waals surface area contributed by atoms with Crippen molar-refractivity contribution in [1.82, 2.24) is 10.2 Å². The van der Waals surface area contributed by atoms with Crippen LogP contribution < -0.4 is 5.32 Å². The van der Waals surface area contributed by atoms with Crippen molar-refractivity contribution in [3.63, 3.8) is 0 Å². The number of hydrogen-bond donors (Lipinski definition) is 1. The van der Waals surface area contributed by atoms with Crippen LogP contribution in [0.15, 0.2) is 22.8 Å². The normalized spacial score (nSPS) is 18.7. The Hall–Kier alpha value is -1.82. The van der Waals surface area contributed by atoms with Crippen LogP contribution in [-0.2, 0) is 4.74 Å². The summed E-state index contributed by atoms with van der Waals surface area (Å²) in [6.45, 7) is 7.95. The van der Waals surface area contributed by atoms with Crippen LogP contribution in [0, 0.1) is 5.92 Å². The molecular formula is C17H26N2O4. The fourth-order valence-electron chi connectivity index (χ4n) is 2.64. The van der Waals surface area contributed by atoms with E-state index < -0.39 is 5.60 Å². The summed E-state index contributed by atoms with van der Waals surface area (Å²) in [5, 5.41) is 3.16. The van der Waals surface area contributed by atoms with Crippen molar-refractivity contribution in [2.45, 2.75) is 39.2 Å². The van der Waals surface area contributed by atoms with E-state index in [1.807, 2.05) is 20.8 Å². The summed E-state index contributed by atoms with van der Waals surface area (Å²) in [5.41, 5.74) is -0.474. The van der Waals surface area contributed by atoms with Gasteiger partial charge in [-0.2, -0.15) is 0 Å². The molecule has 1 aromatic heterocycles. The second-order valence-electron chi connectivity index (χ2n) is 6.97. The summed E-state index contributed by atoms with van der Waals surface area (Å²) < 4.78 is 10.5. The molecule has 1 unspecified atom stereocenters. The van der Waals surface area contributed by atoms with E-state index in [0.29, 0.717) is 24.8 Å². The number of ether oxygens (including phenoxy) is 1. The quantitative estimate of drug-likeness (QED) is 0.844. The first-order chi connectivity index (χ1) is 10.8. The van der Waals surface area contributed by atoms with E-state index in [1.54, 1.807) is 17.0 Å². The van der Waals surface area contributed by atoms with Crippen LogP contribution >= 0.6 is 0 Å². The molecule has 1 aliphatic heterocycles. The first-order valence-electron chi connectivity index (χ1n) is 8.10. The molecular weight excluding hydrogens is 296 g/mol. The van der Waals surface area contributed by atoms with Crippen molar-refractivity contribution in [2.24, 2.45) is 5.92 Å². The molecule has 1 N–H and O–H groups in total. The molecule has 1 amide bonds. The Morgan fingerprint density at radius 2 is 2.22 bits per heavy atom. The third kappa shape index (κ3) is 5.71. The number of nitrogens with zero attached hydrogens (tertiary/aromatic N) is 1. The third-order valence-corrected chi connectivity index (χ3v) is 3.69. The maximum Gasteiger partial charge on any atom is 0.410 e. The van der Waals surface area contributed by atoms with Crippen LogP contribution in [0.2, 0.25) is 0 Å². The maximum atomic E-state index is 12.1. The van der Waals surface area contributed by atoms with Crippen LogP contribution in [0.25, 0.3) is 0 Å². The van der Waals surface area contributed by atoms with Gasteiger partial charge in [-0.1, -0.05) is 0 Å². The Balaban J connectivity index is 1.73. The van der Waals surface area contributed by atoms with Crippen LogP contribution in [0.5, 0.6) is 0 Å². The summed E-state index contributed by atoms with van der Waals surface area (Å²) in [5.74, 6) is 0.645. The highest BCUT2D eigenvalue weighted by Crippen LogP contribution is 2.18. The zero-order chi connectivity index (χ0) is 16.9. The van der Waals surface area contributed by atoms with Gasteiger partial charge in [0.2, 0.25) is 5.78 Å². The standard InChI is InChI=1S/C17H26N2O4/c1-17(2,3)23-16(21)19-8-4-6-13(12-19)10-18-11-14(20)15-7-5-9-22-15/h5,7,9,13,18H,4,6,8,10-12H2,1-3H3. The maximum absolute atomic E-state index is 12.1. The van der Waals surface area contributed by atoms with Crippen LogP contribution in [-0.4, -0.2) is 48.6 Å². The molecule has 1 fully saturated rings. The van der Waals surface area contributed by atoms with Gasteiger partial charge in [0.05, 0.1) is 12.8 Å². The molecule has 0 spiro atoms. The number of Topliss-reactive ketones (excluding diaryl/α,β-unsaturated/α-hetero) is 1. The number of piperidine rings is 1. The Bertz CT molecular complexity index is 519. The van der Waals surface area contributed by atoms with E-state index in [-0.39, 0.29) is 18.4 Å². The average Bonchev–Trinajstić information content (AvgIpc) is 3.00. The number of carbonyl (C=O) groups excluding carboxylic acids is 2. The lowest BCUT2D eigenvalue weighted by Gasteiger charge is -2.34. The average molecular weight is 322 g/mol. The number of furan rings is 1. The predicted octanol–water partition coefficient (Wildman–Crippen LogP) is 2.70. The molecule has 2 rings (SSSR count). The topological polar surface area (TPSA) is 71.8 Å². The summed E-state index contributed by atoms with van der Waals surface area (Å²) >= 11 is 0. The summed E-state index contributed by atoms with van der Waals surface area (Å²) in [6.07, 6.45) is 3.24. The number of hydrogen-bond acceptors (Lipinski definition) is 5. The van der Waals surface area contributed by atoms with E-state index in [4.69, 9.17) is 9.15 Å². The van der Waals surface area contributed by atoms with E-state index in [2.05, 4.69) is 5.32 Å². The van der Waals surface area contributed by atoms with Gasteiger partial charge in [-0.15, -0.1) is 0 Å². The minimum Gasteiger partial charge on any atom is -0.461 e. The number of rotatable bonds is 5. The highest BCUT2D eigenvalue weighted by molar-refractivity contribution is 5.94. The minimum absolute atomic E-state index is 0.0604. The van der Waals surface area contributed by atoms with Crippen molar-refractivity contribution < 1.29 is 18.7 Å². The SMILES string of the molecule is CC(C)(C)OC(=O)N1CCCC(CNCC(=O)c2ccco2)C1. The molecule has 0 bridgehead atoms. The van der Waals surface area contributed by atoms with Gasteiger partial charge in [-0.25, -0.2) is 4.79 Å². The second kappa shape index (κ2) is 7.64. The molecule has 2 heterocycles. The molecule has 1 aliphatic rings. The van der Waals surface area contributed by atoms with Gasteiger partial charge in [-0.05, 0) is 51.7 Å². The molecule has 6 heteroatoms. The summed E-state index contributed by atoms with van der Waals surface area (Å²) in [7, 11) is 0. The minimum atomic E-state index is -0.474. The molecule has 1 atom stereocenters. The van der Waals surface area contributed by atoms with Crippen molar-refractivity contribution in [1.29, 1.82) is 0 Å². The smallest absolute Gasteiger partial charge is 0.410 e. The lowest BCUT2D eigenvalue weighted by Crippen LogP contribution is -2.45. The Morgan fingerprint density at radius 3 is 2.87 bits per heavy atom. The Morgan fingerprint density at radius 1 is 1.43 bits per heavy atom. The first kappa shape index (κ1) is 17.5. The number of likely N-dealkylation sites (tertiary alicyclic amines) is 1. The van der Waals surface area contributed by atoms with Gasteiger partial charge in [0, 0.05) is 19.6 Å². The molecule has 0 aromatic carbocycles. The van der Waals surface area contributed by atoms with Crippen molar-refractivity contribution >= 4 is 11.9 Å². The highest BCUT2D eigenvalue weighted by Gasteiger charge is 2.27. The molecule has 1 saturated heterocycles. The second-order valence-corrected chi connectivity index (χ2v) is 6.97. The lowest BCUT2D eigenvalue weighted by molar-refractivity contribution is 0.0166. The van der Waals surface area contributed by atoms with Gasteiger partial charge in [-0.3, -0.25) is 4.79 Å². The zero-order valence-electron chi connectivity index (χ0n) is 14.1. The summed E-state index contributed by atoms with van der Waals surface area (Å²) in [4.78, 5) is 25.7. The van der Waals surface area contributed by atoms with Crippen molar-refractivity contribution in [3.8, 4) is 0 Å². The molecule has 6 nitrogen and oxygen atoms in total. The van der Waals surface area contributed by atoms with E-state index >= 15 is 0 Å². The van der Waals surface area contributed by atoms with Gasteiger partial charge >= 0.3 is 6.09 Å². The fraction of sp³-hybridized carbons (Fsp3) is 0.647. The van der Waals surface area contributed by atoms with E-state index in [0.717, 1.165) is 19.4 Å². The third-order valence-electron chi connectivity index (χ3n) is 3.69. The van der Waals surface area contributed by atoms with Crippen LogP contribution in [0.4, 0.5) is 4.79 Å². The predicted molar refractivity (Wildman–Crippen MR) is 86.4 cm³/mol. The molecule has 0 aliphatic carbocycles. The van der Waals surface area contributed by atoms with Gasteiger partial charge in [0.25, 0.3) is 0 Å². The Labute approximate surface area is 137 Å². The van der Waals surface area contributed by atoms with Gasteiger partial charge in [0.1, 0.15) is 5.60 Å². The molecule has 0 saturated carbocycles. The van der Waals surface area contributed by atoms with Crippen molar-refractivity contribution in [3.05, 3.63) is 24.2 Å². The van der Waals surface area contributed by atoms with Gasteiger partial charge in [0.15, 0.2) is 5.76 Å². The highest BCUT2D eigenvalue weighted by atomic mass is 16.6. The monoisotopic (exact) mass is 322 g/mol. The van der Waals surface area contributed by atoms with E-state index in [9.17, 15) is 9.59 Å². The van der Waals surface area contributed by atoms with Crippen LogP contribution in [0.3, 0.4) is 0 Å². The van der Waals surface area contributed by atoms with Crippen molar-refractivity contribution in [2.75, 3.05) is 26.2 Å². The molecule has 0 radical (unpaired) electrons. The number of ketones is 1. The largest absolute Gasteiger partial charge is 0.461 e. The zero-order valence-corrected chi connectivity index (χ0v) is 14.1. The molecule has 128 valence electrons. The van der Waals surface area contributed by atoms with Crippen LogP contribution in [0.1, 0.15) is 44.2 Å². The van der Waals surface area contributed by atoms with Gasteiger partial charge < -0.3 is 19.4 Å². The number of amides is 1. The lowest BCUT2D eigenvalue weighted by atomic mass is 9.98. The number of carbonyl (C=O) groups is 2. The number of nitrogens with one attached hydrogen (secondary N) is 1. The molecule has 1 aromatic rings. The summed E-state index contributed by atoms with van der Waals surface area (Å²) in [6, 6.07) is 3.36. The Kier molecular flexibility index (Phi) is 5.82. The van der Waals surface area contributed by atoms with E-state index in [1.165, 1.54) is 6.26 Å². The first-order valence-corrected chi connectivity index (χ1v) is 8.10.